The summed E-state index contributed by atoms with van der Waals surface area (Å²) in [4.78, 5) is 10.9. The van der Waals surface area contributed by atoms with Crippen LogP contribution in [-0.2, 0) is 10.2 Å². The van der Waals surface area contributed by atoms with Crippen LogP contribution in [0.1, 0.15) is 40.4 Å². The number of hydrogen-bond acceptors (Lipinski definition) is 4. The third-order valence-corrected chi connectivity index (χ3v) is 2.81. The molecule has 5 heteroatoms. The van der Waals surface area contributed by atoms with Crippen molar-refractivity contribution in [3.63, 3.8) is 0 Å². The Bertz CT molecular complexity index is 416. The first-order valence-electron chi connectivity index (χ1n) is 6.58. The molecule has 0 saturated carbocycles. The number of nitrogens with zero attached hydrogens (tertiary/aromatic N) is 3. The Morgan fingerprint density at radius 2 is 1.95 bits per heavy atom. The molecule has 0 bridgehead atoms. The first kappa shape index (κ1) is 16.2. The lowest BCUT2D eigenvalue weighted by Crippen LogP contribution is -2.26. The highest BCUT2D eigenvalue weighted by molar-refractivity contribution is 6.29. The van der Waals surface area contributed by atoms with E-state index in [4.69, 9.17) is 16.3 Å². The predicted octanol–water partition coefficient (Wildman–Crippen LogP) is 3.29. The fraction of sp³-hybridized carbons (Fsp3) is 0.714. The zero-order chi connectivity index (χ0) is 14.6. The molecular formula is C14H24ClN3O. The number of hydrogen-bond donors (Lipinski definition) is 0. The highest BCUT2D eigenvalue weighted by Crippen LogP contribution is 2.23. The maximum atomic E-state index is 6.08. The molecule has 0 aliphatic carbocycles. The molecule has 108 valence electrons. The quantitative estimate of drug-likeness (QED) is 0.778. The van der Waals surface area contributed by atoms with Gasteiger partial charge in [0.05, 0.1) is 12.7 Å². The van der Waals surface area contributed by atoms with Gasteiger partial charge in [0.25, 0.3) is 0 Å². The summed E-state index contributed by atoms with van der Waals surface area (Å²) in [6.45, 7) is 11.7. The molecule has 1 aromatic rings. The van der Waals surface area contributed by atoms with Crippen LogP contribution in [0.5, 0.6) is 0 Å². The summed E-state index contributed by atoms with van der Waals surface area (Å²) < 4.78 is 5.54. The standard InChI is InChI=1S/C14H24ClN3O/c1-10(2)19-8-7-18(6)12-9-11(15)16-13(17-12)14(3,4)5/h9-10H,7-8H2,1-6H3. The van der Waals surface area contributed by atoms with Crippen LogP contribution in [0.4, 0.5) is 5.82 Å². The number of rotatable bonds is 5. The van der Waals surface area contributed by atoms with Gasteiger partial charge < -0.3 is 9.64 Å². The van der Waals surface area contributed by atoms with Gasteiger partial charge in [0.2, 0.25) is 0 Å². The van der Waals surface area contributed by atoms with Crippen LogP contribution in [0.15, 0.2) is 6.07 Å². The Morgan fingerprint density at radius 3 is 2.47 bits per heavy atom. The number of ether oxygens (including phenoxy) is 1. The minimum atomic E-state index is -0.116. The molecule has 1 aromatic heterocycles. The van der Waals surface area contributed by atoms with E-state index in [0.29, 0.717) is 11.8 Å². The maximum absolute atomic E-state index is 6.08. The van der Waals surface area contributed by atoms with Gasteiger partial charge in [-0.25, -0.2) is 9.97 Å². The van der Waals surface area contributed by atoms with E-state index in [9.17, 15) is 0 Å². The Balaban J connectivity index is 2.79. The van der Waals surface area contributed by atoms with Crippen LogP contribution in [-0.4, -0.2) is 36.3 Å². The molecule has 0 aliphatic heterocycles. The Morgan fingerprint density at radius 1 is 1.32 bits per heavy atom. The summed E-state index contributed by atoms with van der Waals surface area (Å²) >= 11 is 6.08. The van der Waals surface area contributed by atoms with E-state index in [-0.39, 0.29) is 11.5 Å². The molecule has 4 nitrogen and oxygen atoms in total. The van der Waals surface area contributed by atoms with Crippen LogP contribution in [0.25, 0.3) is 0 Å². The lowest BCUT2D eigenvalue weighted by molar-refractivity contribution is 0.0845. The molecule has 0 N–H and O–H groups in total. The molecule has 0 aromatic carbocycles. The maximum Gasteiger partial charge on any atom is 0.137 e. The van der Waals surface area contributed by atoms with Gasteiger partial charge in [-0.15, -0.1) is 0 Å². The van der Waals surface area contributed by atoms with Crippen molar-refractivity contribution < 1.29 is 4.74 Å². The molecule has 0 aliphatic rings. The number of aromatic nitrogens is 2. The molecule has 0 spiro atoms. The minimum absolute atomic E-state index is 0.116. The van der Waals surface area contributed by atoms with E-state index < -0.39 is 0 Å². The van der Waals surface area contributed by atoms with Crippen LogP contribution in [0.2, 0.25) is 5.15 Å². The van der Waals surface area contributed by atoms with E-state index in [1.807, 2.05) is 25.8 Å². The highest BCUT2D eigenvalue weighted by Gasteiger charge is 2.19. The second-order valence-corrected chi connectivity index (χ2v) is 6.35. The SMILES string of the molecule is CC(C)OCCN(C)c1cc(Cl)nc(C(C)(C)C)n1. The van der Waals surface area contributed by atoms with E-state index >= 15 is 0 Å². The Labute approximate surface area is 121 Å². The average Bonchev–Trinajstić information content (AvgIpc) is 2.26. The van der Waals surface area contributed by atoms with Gasteiger partial charge >= 0.3 is 0 Å². The molecule has 0 unspecified atom stereocenters. The van der Waals surface area contributed by atoms with Crippen molar-refractivity contribution in [2.75, 3.05) is 25.1 Å². The van der Waals surface area contributed by atoms with E-state index in [1.54, 1.807) is 6.07 Å². The van der Waals surface area contributed by atoms with Gasteiger partial charge in [-0.1, -0.05) is 32.4 Å². The van der Waals surface area contributed by atoms with Crippen molar-refractivity contribution in [3.8, 4) is 0 Å². The molecular weight excluding hydrogens is 262 g/mol. The topological polar surface area (TPSA) is 38.2 Å². The average molecular weight is 286 g/mol. The van der Waals surface area contributed by atoms with Crippen LogP contribution >= 0.6 is 11.6 Å². The lowest BCUT2D eigenvalue weighted by atomic mass is 9.96. The molecule has 0 atom stereocenters. The zero-order valence-corrected chi connectivity index (χ0v) is 13.5. The first-order valence-corrected chi connectivity index (χ1v) is 6.95. The Hall–Kier alpha value is -0.870. The highest BCUT2D eigenvalue weighted by atomic mass is 35.5. The number of likely N-dealkylation sites (N-methyl/N-ethyl adjacent to an activating group) is 1. The van der Waals surface area contributed by atoms with Crippen molar-refractivity contribution in [2.45, 2.75) is 46.1 Å². The van der Waals surface area contributed by atoms with Gasteiger partial charge in [0.1, 0.15) is 16.8 Å². The molecule has 19 heavy (non-hydrogen) atoms. The Kier molecular flexibility index (Phi) is 5.56. The second-order valence-electron chi connectivity index (χ2n) is 5.96. The van der Waals surface area contributed by atoms with E-state index in [1.165, 1.54) is 0 Å². The van der Waals surface area contributed by atoms with Crippen molar-refractivity contribution in [3.05, 3.63) is 17.0 Å². The van der Waals surface area contributed by atoms with Gasteiger partial charge in [-0.05, 0) is 13.8 Å². The normalized spacial score (nSPS) is 12.0. The molecule has 0 fully saturated rings. The van der Waals surface area contributed by atoms with Gasteiger partial charge in [-0.3, -0.25) is 0 Å². The summed E-state index contributed by atoms with van der Waals surface area (Å²) in [5.74, 6) is 1.59. The third kappa shape index (κ3) is 5.33. The van der Waals surface area contributed by atoms with Crippen LogP contribution < -0.4 is 4.90 Å². The van der Waals surface area contributed by atoms with Crippen LogP contribution in [0.3, 0.4) is 0 Å². The molecule has 0 saturated heterocycles. The fourth-order valence-electron chi connectivity index (χ4n) is 1.48. The van der Waals surface area contributed by atoms with Crippen LogP contribution in [0, 0.1) is 0 Å². The molecule has 0 amide bonds. The van der Waals surface area contributed by atoms with Crippen molar-refractivity contribution >= 4 is 17.4 Å². The monoisotopic (exact) mass is 285 g/mol. The predicted molar refractivity (Wildman–Crippen MR) is 80.1 cm³/mol. The van der Waals surface area contributed by atoms with Gasteiger partial charge in [0, 0.05) is 25.1 Å². The number of anilines is 1. The third-order valence-electron chi connectivity index (χ3n) is 2.62. The molecule has 1 heterocycles. The first-order chi connectivity index (χ1) is 8.70. The van der Waals surface area contributed by atoms with E-state index in [0.717, 1.165) is 18.2 Å². The minimum Gasteiger partial charge on any atom is -0.377 e. The van der Waals surface area contributed by atoms with Crippen molar-refractivity contribution in [1.29, 1.82) is 0 Å². The van der Waals surface area contributed by atoms with Gasteiger partial charge in [-0.2, -0.15) is 0 Å². The van der Waals surface area contributed by atoms with E-state index in [2.05, 4.69) is 30.7 Å². The lowest BCUT2D eigenvalue weighted by Gasteiger charge is -2.22. The smallest absolute Gasteiger partial charge is 0.137 e. The molecule has 0 radical (unpaired) electrons. The zero-order valence-electron chi connectivity index (χ0n) is 12.7. The summed E-state index contributed by atoms with van der Waals surface area (Å²) in [5, 5.41) is 0.478. The summed E-state index contributed by atoms with van der Waals surface area (Å²) in [7, 11) is 1.98. The summed E-state index contributed by atoms with van der Waals surface area (Å²) in [6.07, 6.45) is 0.243. The van der Waals surface area contributed by atoms with Gasteiger partial charge in [0.15, 0.2) is 0 Å². The summed E-state index contributed by atoms with van der Waals surface area (Å²) in [5.41, 5.74) is -0.116. The number of halogens is 1. The van der Waals surface area contributed by atoms with Crippen molar-refractivity contribution in [1.82, 2.24) is 9.97 Å². The molecule has 1 rings (SSSR count). The summed E-state index contributed by atoms with van der Waals surface area (Å²) in [6, 6.07) is 1.78. The fourth-order valence-corrected chi connectivity index (χ4v) is 1.65. The largest absolute Gasteiger partial charge is 0.377 e. The van der Waals surface area contributed by atoms with Crippen molar-refractivity contribution in [2.24, 2.45) is 0 Å². The second kappa shape index (κ2) is 6.53.